The molecule has 1 N–H and O–H groups in total. The second-order valence-corrected chi connectivity index (χ2v) is 5.35. The molecule has 1 aromatic carbocycles. The monoisotopic (exact) mass is 288 g/mol. The molecule has 4 nitrogen and oxygen atoms in total. The van der Waals surface area contributed by atoms with Gasteiger partial charge in [-0.15, -0.1) is 0 Å². The summed E-state index contributed by atoms with van der Waals surface area (Å²) in [5.41, 5.74) is 1.54. The Balaban J connectivity index is 2.00. The summed E-state index contributed by atoms with van der Waals surface area (Å²) in [6, 6.07) is 7.18. The molecule has 0 bridgehead atoms. The van der Waals surface area contributed by atoms with Crippen LogP contribution in [0.3, 0.4) is 0 Å². The zero-order valence-electron chi connectivity index (χ0n) is 12.7. The van der Waals surface area contributed by atoms with E-state index in [-0.39, 0.29) is 5.82 Å². The van der Waals surface area contributed by atoms with Crippen LogP contribution in [-0.2, 0) is 13.1 Å². The first-order valence-electron chi connectivity index (χ1n) is 7.05. The van der Waals surface area contributed by atoms with Crippen LogP contribution in [0, 0.1) is 5.82 Å². The Kier molecular flexibility index (Phi) is 5.22. The molecular formula is C16H21FN4. The van der Waals surface area contributed by atoms with Gasteiger partial charge in [0.2, 0.25) is 0 Å². The highest BCUT2D eigenvalue weighted by Gasteiger charge is 2.08. The maximum Gasteiger partial charge on any atom is 0.147 e. The quantitative estimate of drug-likeness (QED) is 0.887. The van der Waals surface area contributed by atoms with Gasteiger partial charge < -0.3 is 10.2 Å². The number of hydrogen-bond donors (Lipinski definition) is 1. The summed E-state index contributed by atoms with van der Waals surface area (Å²) in [7, 11) is 1.88. The van der Waals surface area contributed by atoms with Gasteiger partial charge in [-0.05, 0) is 6.07 Å². The molecule has 0 aliphatic carbocycles. The Morgan fingerprint density at radius 3 is 2.57 bits per heavy atom. The predicted octanol–water partition coefficient (Wildman–Crippen LogP) is 2.75. The lowest BCUT2D eigenvalue weighted by Gasteiger charge is -2.18. The smallest absolute Gasteiger partial charge is 0.147 e. The number of benzene rings is 1. The van der Waals surface area contributed by atoms with E-state index in [9.17, 15) is 4.39 Å². The first-order chi connectivity index (χ1) is 10.1. The Morgan fingerprint density at radius 2 is 1.95 bits per heavy atom. The molecule has 2 aromatic rings. The molecule has 0 amide bonds. The van der Waals surface area contributed by atoms with E-state index in [2.05, 4.69) is 29.1 Å². The lowest BCUT2D eigenvalue weighted by molar-refractivity contribution is 0.580. The highest BCUT2D eigenvalue weighted by atomic mass is 19.1. The molecule has 0 unspecified atom stereocenters. The summed E-state index contributed by atoms with van der Waals surface area (Å²) in [6.07, 6.45) is 3.47. The molecule has 0 radical (unpaired) electrons. The van der Waals surface area contributed by atoms with Gasteiger partial charge in [-0.25, -0.2) is 9.37 Å². The first kappa shape index (κ1) is 15.4. The molecule has 0 aliphatic heterocycles. The Morgan fingerprint density at radius 1 is 1.19 bits per heavy atom. The molecular weight excluding hydrogens is 267 g/mol. The van der Waals surface area contributed by atoms with Crippen molar-refractivity contribution in [1.82, 2.24) is 15.3 Å². The van der Waals surface area contributed by atoms with Crippen LogP contribution < -0.4 is 10.2 Å². The summed E-state index contributed by atoms with van der Waals surface area (Å²) in [6.45, 7) is 5.33. The number of aromatic nitrogens is 2. The van der Waals surface area contributed by atoms with E-state index in [0.29, 0.717) is 24.7 Å². The number of rotatable bonds is 6. The van der Waals surface area contributed by atoms with Crippen molar-refractivity contribution in [2.75, 3.05) is 11.9 Å². The number of halogens is 1. The Hall–Kier alpha value is -2.01. The fraction of sp³-hybridized carbons (Fsp3) is 0.375. The van der Waals surface area contributed by atoms with Gasteiger partial charge in [0.1, 0.15) is 11.6 Å². The lowest BCUT2D eigenvalue weighted by Crippen LogP contribution is -2.23. The Labute approximate surface area is 125 Å². The third kappa shape index (κ3) is 4.49. The number of nitrogens with zero attached hydrogens (tertiary/aromatic N) is 3. The maximum atomic E-state index is 13.6. The van der Waals surface area contributed by atoms with Crippen molar-refractivity contribution in [2.24, 2.45) is 0 Å². The Bertz CT molecular complexity index is 569. The van der Waals surface area contributed by atoms with E-state index in [4.69, 9.17) is 0 Å². The highest BCUT2D eigenvalue weighted by Crippen LogP contribution is 2.14. The van der Waals surface area contributed by atoms with E-state index in [1.165, 1.54) is 6.07 Å². The minimum atomic E-state index is -0.199. The average molecular weight is 288 g/mol. The third-order valence-electron chi connectivity index (χ3n) is 3.14. The van der Waals surface area contributed by atoms with Gasteiger partial charge in [-0.2, -0.15) is 0 Å². The largest absolute Gasteiger partial charge is 0.354 e. The van der Waals surface area contributed by atoms with Gasteiger partial charge in [0.15, 0.2) is 0 Å². The summed E-state index contributed by atoms with van der Waals surface area (Å²) in [5, 5.41) is 3.29. The van der Waals surface area contributed by atoms with Gasteiger partial charge in [0.25, 0.3) is 0 Å². The highest BCUT2D eigenvalue weighted by molar-refractivity contribution is 5.36. The lowest BCUT2D eigenvalue weighted by atomic mass is 10.2. The van der Waals surface area contributed by atoms with Crippen molar-refractivity contribution in [1.29, 1.82) is 0 Å². The molecule has 0 atom stereocenters. The minimum Gasteiger partial charge on any atom is -0.354 e. The number of hydrogen-bond acceptors (Lipinski definition) is 4. The van der Waals surface area contributed by atoms with Crippen molar-refractivity contribution in [3.8, 4) is 0 Å². The standard InChI is InChI=1S/C16H21FN4/c1-12(2)18-8-14-9-20-16(10-19-14)21(3)11-13-6-4-5-7-15(13)17/h4-7,9-10,12,18H,8,11H2,1-3H3. The van der Waals surface area contributed by atoms with Gasteiger partial charge in [-0.3, -0.25) is 4.98 Å². The van der Waals surface area contributed by atoms with E-state index in [1.807, 2.05) is 18.0 Å². The zero-order chi connectivity index (χ0) is 15.2. The molecule has 0 aliphatic rings. The van der Waals surface area contributed by atoms with E-state index in [1.54, 1.807) is 24.5 Å². The van der Waals surface area contributed by atoms with Crippen molar-refractivity contribution in [3.05, 3.63) is 53.7 Å². The molecule has 112 valence electrons. The van der Waals surface area contributed by atoms with Gasteiger partial charge in [0.05, 0.1) is 18.1 Å². The molecule has 21 heavy (non-hydrogen) atoms. The second kappa shape index (κ2) is 7.13. The molecule has 0 saturated carbocycles. The van der Waals surface area contributed by atoms with Crippen LogP contribution in [0.4, 0.5) is 10.2 Å². The molecule has 1 aromatic heterocycles. The average Bonchev–Trinajstić information content (AvgIpc) is 2.48. The fourth-order valence-corrected chi connectivity index (χ4v) is 1.91. The van der Waals surface area contributed by atoms with Crippen LogP contribution >= 0.6 is 0 Å². The van der Waals surface area contributed by atoms with Gasteiger partial charge >= 0.3 is 0 Å². The minimum absolute atomic E-state index is 0.199. The van der Waals surface area contributed by atoms with Crippen LogP contribution in [-0.4, -0.2) is 23.1 Å². The summed E-state index contributed by atoms with van der Waals surface area (Å²) in [4.78, 5) is 10.6. The van der Waals surface area contributed by atoms with Crippen LogP contribution in [0.25, 0.3) is 0 Å². The van der Waals surface area contributed by atoms with Gasteiger partial charge in [0, 0.05) is 31.7 Å². The van der Waals surface area contributed by atoms with Crippen LogP contribution in [0.1, 0.15) is 25.1 Å². The topological polar surface area (TPSA) is 41.1 Å². The molecule has 0 fully saturated rings. The van der Waals surface area contributed by atoms with Crippen molar-refractivity contribution >= 4 is 5.82 Å². The van der Waals surface area contributed by atoms with E-state index in [0.717, 1.165) is 11.5 Å². The van der Waals surface area contributed by atoms with Crippen molar-refractivity contribution in [3.63, 3.8) is 0 Å². The van der Waals surface area contributed by atoms with E-state index >= 15 is 0 Å². The normalized spacial score (nSPS) is 10.9. The second-order valence-electron chi connectivity index (χ2n) is 5.35. The van der Waals surface area contributed by atoms with Crippen LogP contribution in [0.15, 0.2) is 36.7 Å². The van der Waals surface area contributed by atoms with Gasteiger partial charge in [-0.1, -0.05) is 32.0 Å². The van der Waals surface area contributed by atoms with Crippen LogP contribution in [0.5, 0.6) is 0 Å². The SMILES string of the molecule is CC(C)NCc1cnc(N(C)Cc2ccccc2F)cn1. The third-order valence-corrected chi connectivity index (χ3v) is 3.14. The molecule has 0 saturated heterocycles. The van der Waals surface area contributed by atoms with Crippen LogP contribution in [0.2, 0.25) is 0 Å². The molecule has 0 spiro atoms. The number of anilines is 1. The molecule has 1 heterocycles. The summed E-state index contributed by atoms with van der Waals surface area (Å²) in [5.74, 6) is 0.529. The molecule has 5 heteroatoms. The summed E-state index contributed by atoms with van der Waals surface area (Å²) < 4.78 is 13.6. The first-order valence-corrected chi connectivity index (χ1v) is 7.05. The maximum absolute atomic E-state index is 13.6. The number of nitrogens with one attached hydrogen (secondary N) is 1. The van der Waals surface area contributed by atoms with Crippen molar-refractivity contribution < 1.29 is 4.39 Å². The van der Waals surface area contributed by atoms with E-state index < -0.39 is 0 Å². The zero-order valence-corrected chi connectivity index (χ0v) is 12.7. The summed E-state index contributed by atoms with van der Waals surface area (Å²) >= 11 is 0. The fourth-order valence-electron chi connectivity index (χ4n) is 1.91. The predicted molar refractivity (Wildman–Crippen MR) is 82.5 cm³/mol. The van der Waals surface area contributed by atoms with Crippen molar-refractivity contribution in [2.45, 2.75) is 33.0 Å². The molecule has 2 rings (SSSR count).